The van der Waals surface area contributed by atoms with Crippen molar-refractivity contribution < 1.29 is 19.1 Å². The molecule has 0 bridgehead atoms. The van der Waals surface area contributed by atoms with Crippen LogP contribution < -0.4 is 0 Å². The summed E-state index contributed by atoms with van der Waals surface area (Å²) in [5.74, 6) is 0.793. The van der Waals surface area contributed by atoms with E-state index in [1.165, 1.54) is 34.9 Å². The van der Waals surface area contributed by atoms with Crippen molar-refractivity contribution in [3.05, 3.63) is 46.2 Å². The van der Waals surface area contributed by atoms with Crippen LogP contribution in [0.25, 0.3) is 0 Å². The monoisotopic (exact) mass is 400 g/mol. The summed E-state index contributed by atoms with van der Waals surface area (Å²) in [6, 6.07) is 3.83. The second kappa shape index (κ2) is 10.7. The molecule has 0 fully saturated rings. The van der Waals surface area contributed by atoms with Gasteiger partial charge in [0, 0.05) is 11.1 Å². The number of ether oxygens (including phenoxy) is 2. The molecule has 2 unspecified atom stereocenters. The van der Waals surface area contributed by atoms with Crippen LogP contribution in [0.3, 0.4) is 0 Å². The van der Waals surface area contributed by atoms with E-state index in [-0.39, 0.29) is 0 Å². The maximum atomic E-state index is 11.9. The summed E-state index contributed by atoms with van der Waals surface area (Å²) in [7, 11) is 0. The van der Waals surface area contributed by atoms with Crippen LogP contribution >= 0.6 is 34.9 Å². The van der Waals surface area contributed by atoms with Gasteiger partial charge < -0.3 is 9.47 Å². The minimum Gasteiger partial charge on any atom is -0.442 e. The van der Waals surface area contributed by atoms with E-state index in [4.69, 9.17) is 9.47 Å². The predicted molar refractivity (Wildman–Crippen MR) is 108 cm³/mol. The summed E-state index contributed by atoms with van der Waals surface area (Å²) in [4.78, 5) is 25.5. The molecular weight excluding hydrogens is 376 g/mol. The van der Waals surface area contributed by atoms with Crippen molar-refractivity contribution in [1.29, 1.82) is 0 Å². The van der Waals surface area contributed by atoms with Crippen LogP contribution in [0, 0.1) is 0 Å². The fourth-order valence-corrected chi connectivity index (χ4v) is 4.60. The maximum absolute atomic E-state index is 11.9. The molecule has 0 spiro atoms. The van der Waals surface area contributed by atoms with Crippen molar-refractivity contribution in [2.45, 2.75) is 38.6 Å². The topological polar surface area (TPSA) is 52.6 Å². The normalized spacial score (nSPS) is 13.0. The fraction of sp³-hybridized carbons (Fsp3) is 0.444. The molecule has 138 valence electrons. The van der Waals surface area contributed by atoms with Crippen LogP contribution in [0.1, 0.15) is 48.3 Å². The SMILES string of the molecule is C=C(C)C(=O)OC(SCC)c1ccc(C(OC(=O)C(=C)C)SCC)s1. The van der Waals surface area contributed by atoms with Gasteiger partial charge in [0.05, 0.1) is 9.75 Å². The van der Waals surface area contributed by atoms with Gasteiger partial charge in [-0.25, -0.2) is 9.59 Å². The van der Waals surface area contributed by atoms with Crippen molar-refractivity contribution in [2.75, 3.05) is 11.5 Å². The van der Waals surface area contributed by atoms with E-state index in [9.17, 15) is 9.59 Å². The van der Waals surface area contributed by atoms with Gasteiger partial charge in [-0.15, -0.1) is 34.9 Å². The van der Waals surface area contributed by atoms with Gasteiger partial charge >= 0.3 is 11.9 Å². The van der Waals surface area contributed by atoms with Crippen LogP contribution in [0.15, 0.2) is 36.4 Å². The summed E-state index contributed by atoms with van der Waals surface area (Å²) in [5, 5.41) is 0. The molecule has 1 rings (SSSR count). The van der Waals surface area contributed by atoms with Crippen molar-refractivity contribution in [3.63, 3.8) is 0 Å². The molecule has 0 aromatic carbocycles. The second-order valence-electron chi connectivity index (χ2n) is 5.19. The molecule has 0 aliphatic rings. The predicted octanol–water partition coefficient (Wildman–Crippen LogP) is 5.49. The molecule has 1 heterocycles. The number of hydrogen-bond donors (Lipinski definition) is 0. The number of thiophene rings is 1. The van der Waals surface area contributed by atoms with Gasteiger partial charge in [0.25, 0.3) is 0 Å². The Morgan fingerprint density at radius 1 is 0.960 bits per heavy atom. The average molecular weight is 401 g/mol. The maximum Gasteiger partial charge on any atom is 0.334 e. The number of carbonyl (C=O) groups is 2. The lowest BCUT2D eigenvalue weighted by atomic mass is 10.3. The van der Waals surface area contributed by atoms with E-state index in [0.717, 1.165) is 21.3 Å². The molecular formula is C18H24O4S3. The number of thioether (sulfide) groups is 2. The highest BCUT2D eigenvalue weighted by atomic mass is 32.2. The molecule has 25 heavy (non-hydrogen) atoms. The van der Waals surface area contributed by atoms with Gasteiger partial charge in [0.2, 0.25) is 0 Å². The molecule has 0 N–H and O–H groups in total. The minimum atomic E-state index is -0.408. The van der Waals surface area contributed by atoms with Crippen molar-refractivity contribution in [2.24, 2.45) is 0 Å². The highest BCUT2D eigenvalue weighted by Gasteiger charge is 2.23. The zero-order valence-electron chi connectivity index (χ0n) is 15.0. The fourth-order valence-electron chi connectivity index (χ4n) is 1.67. The lowest BCUT2D eigenvalue weighted by Gasteiger charge is -2.17. The van der Waals surface area contributed by atoms with E-state index in [2.05, 4.69) is 13.2 Å². The Hall–Kier alpha value is -1.18. The third kappa shape index (κ3) is 6.92. The van der Waals surface area contributed by atoms with Gasteiger partial charge in [0.15, 0.2) is 10.9 Å². The first-order valence-electron chi connectivity index (χ1n) is 7.85. The van der Waals surface area contributed by atoms with Crippen molar-refractivity contribution in [1.82, 2.24) is 0 Å². The molecule has 1 aromatic heterocycles. The number of carbonyl (C=O) groups excluding carboxylic acids is 2. The van der Waals surface area contributed by atoms with E-state index in [1.54, 1.807) is 13.8 Å². The van der Waals surface area contributed by atoms with Gasteiger partial charge in [-0.2, -0.15) is 0 Å². The summed E-state index contributed by atoms with van der Waals surface area (Å²) in [5.41, 5.74) is -0.0456. The highest BCUT2D eigenvalue weighted by molar-refractivity contribution is 7.99. The van der Waals surface area contributed by atoms with Crippen LogP contribution in [0.4, 0.5) is 0 Å². The van der Waals surface area contributed by atoms with Gasteiger partial charge in [-0.05, 0) is 37.5 Å². The molecule has 0 saturated carbocycles. The Kier molecular flexibility index (Phi) is 9.38. The second-order valence-corrected chi connectivity index (χ2v) is 9.01. The molecule has 0 radical (unpaired) electrons. The van der Waals surface area contributed by atoms with Gasteiger partial charge in [0.1, 0.15) is 0 Å². The Morgan fingerprint density at radius 3 is 1.60 bits per heavy atom. The van der Waals surface area contributed by atoms with Crippen molar-refractivity contribution in [3.8, 4) is 0 Å². The summed E-state index contributed by atoms with van der Waals surface area (Å²) in [6.07, 6.45) is 0. The van der Waals surface area contributed by atoms with Crippen LogP contribution in [-0.4, -0.2) is 23.4 Å². The smallest absolute Gasteiger partial charge is 0.334 e. The first-order chi connectivity index (χ1) is 11.8. The average Bonchev–Trinajstić information content (AvgIpc) is 3.03. The standard InChI is InChI=1S/C18H24O4S3/c1-7-23-17(21-15(19)11(3)4)13-9-10-14(25-13)18(24-8-2)22-16(20)12(5)6/h9-10,17-18H,3,5,7-8H2,1-2,4,6H3. The lowest BCUT2D eigenvalue weighted by molar-refractivity contribution is -0.141. The molecule has 0 aliphatic heterocycles. The first kappa shape index (κ1) is 21.9. The Morgan fingerprint density at radius 2 is 1.32 bits per heavy atom. The number of esters is 2. The Bertz CT molecular complexity index is 584. The number of hydrogen-bond acceptors (Lipinski definition) is 7. The molecule has 0 amide bonds. The zero-order chi connectivity index (χ0) is 19.0. The Balaban J connectivity index is 2.97. The number of rotatable bonds is 10. The molecule has 4 nitrogen and oxygen atoms in total. The lowest BCUT2D eigenvalue weighted by Crippen LogP contribution is -2.09. The molecule has 1 aromatic rings. The molecule has 7 heteroatoms. The van der Waals surface area contributed by atoms with E-state index in [0.29, 0.717) is 11.1 Å². The summed E-state index contributed by atoms with van der Waals surface area (Å²) >= 11 is 4.54. The minimum absolute atomic E-state index is 0.369. The van der Waals surface area contributed by atoms with E-state index < -0.39 is 22.8 Å². The van der Waals surface area contributed by atoms with Crippen LogP contribution in [-0.2, 0) is 19.1 Å². The van der Waals surface area contributed by atoms with Crippen molar-refractivity contribution >= 4 is 46.8 Å². The zero-order valence-corrected chi connectivity index (χ0v) is 17.4. The first-order valence-corrected chi connectivity index (χ1v) is 10.8. The van der Waals surface area contributed by atoms with Crippen LogP contribution in [0.5, 0.6) is 0 Å². The van der Waals surface area contributed by atoms with E-state index >= 15 is 0 Å². The summed E-state index contributed by atoms with van der Waals surface area (Å²) < 4.78 is 11.0. The van der Waals surface area contributed by atoms with Gasteiger partial charge in [-0.1, -0.05) is 27.0 Å². The quantitative estimate of drug-likeness (QED) is 0.294. The molecule has 0 saturated heterocycles. The Labute approximate surface area is 162 Å². The third-order valence-electron chi connectivity index (χ3n) is 2.87. The van der Waals surface area contributed by atoms with Crippen LogP contribution in [0.2, 0.25) is 0 Å². The van der Waals surface area contributed by atoms with Gasteiger partial charge in [-0.3, -0.25) is 0 Å². The highest BCUT2D eigenvalue weighted by Crippen LogP contribution is 2.40. The van der Waals surface area contributed by atoms with E-state index in [1.807, 2.05) is 26.0 Å². The third-order valence-corrected chi connectivity index (χ3v) is 6.32. The molecule has 2 atom stereocenters. The largest absolute Gasteiger partial charge is 0.442 e. The summed E-state index contributed by atoms with van der Waals surface area (Å²) in [6.45, 7) is 14.5. The molecule has 0 aliphatic carbocycles.